The number of anilines is 1. The average Bonchev–Trinajstić information content (AvgIpc) is 2.94. The van der Waals surface area contributed by atoms with Crippen molar-refractivity contribution in [3.63, 3.8) is 0 Å². The molecule has 116 valence electrons. The van der Waals surface area contributed by atoms with Crippen molar-refractivity contribution in [2.45, 2.75) is 6.92 Å². The Bertz CT molecular complexity index is 860. The molecule has 0 atom stereocenters. The van der Waals surface area contributed by atoms with Gasteiger partial charge in [0.2, 0.25) is 0 Å². The third-order valence-electron chi connectivity index (χ3n) is 3.26. The fourth-order valence-electron chi connectivity index (χ4n) is 2.19. The lowest BCUT2D eigenvalue weighted by Crippen LogP contribution is -2.20. The van der Waals surface area contributed by atoms with E-state index < -0.39 is 6.03 Å². The summed E-state index contributed by atoms with van der Waals surface area (Å²) in [5, 5.41) is 7.39. The summed E-state index contributed by atoms with van der Waals surface area (Å²) >= 11 is 6.08. The molecule has 0 saturated heterocycles. The predicted molar refractivity (Wildman–Crippen MR) is 89.7 cm³/mol. The van der Waals surface area contributed by atoms with Crippen LogP contribution in [0.15, 0.2) is 48.5 Å². The van der Waals surface area contributed by atoms with Gasteiger partial charge in [0.05, 0.1) is 5.69 Å². The van der Waals surface area contributed by atoms with E-state index in [1.165, 1.54) is 0 Å². The summed E-state index contributed by atoms with van der Waals surface area (Å²) < 4.78 is 1.64. The van der Waals surface area contributed by atoms with E-state index in [1.54, 1.807) is 10.7 Å². The third kappa shape index (κ3) is 3.17. The van der Waals surface area contributed by atoms with E-state index in [9.17, 15) is 4.79 Å². The summed E-state index contributed by atoms with van der Waals surface area (Å²) in [6, 6.07) is 14.4. The van der Waals surface area contributed by atoms with Crippen LogP contribution >= 0.6 is 11.6 Å². The Morgan fingerprint density at radius 2 is 1.96 bits per heavy atom. The van der Waals surface area contributed by atoms with Crippen LogP contribution in [0, 0.1) is 6.92 Å². The summed E-state index contributed by atoms with van der Waals surface area (Å²) in [6.07, 6.45) is 0. The number of hydrogen-bond acceptors (Lipinski definition) is 3. The van der Waals surface area contributed by atoms with Crippen LogP contribution in [-0.2, 0) is 0 Å². The molecule has 0 unspecified atom stereocenters. The number of urea groups is 1. The molecule has 0 fully saturated rings. The maximum atomic E-state index is 11.1. The molecule has 0 aliphatic rings. The second-order valence-electron chi connectivity index (χ2n) is 4.96. The van der Waals surface area contributed by atoms with Gasteiger partial charge in [0.15, 0.2) is 5.82 Å². The molecule has 0 aliphatic heterocycles. The second-order valence-corrected chi connectivity index (χ2v) is 5.37. The summed E-state index contributed by atoms with van der Waals surface area (Å²) in [6.45, 7) is 1.91. The first kappa shape index (κ1) is 15.1. The lowest BCUT2D eigenvalue weighted by Gasteiger charge is -2.07. The van der Waals surface area contributed by atoms with Gasteiger partial charge in [-0.25, -0.2) is 9.48 Å². The zero-order valence-electron chi connectivity index (χ0n) is 12.3. The molecule has 0 spiro atoms. The van der Waals surface area contributed by atoms with Crippen LogP contribution in [0.2, 0.25) is 5.02 Å². The predicted octanol–water partition coefficient (Wildman–Crippen LogP) is 3.39. The number of halogens is 1. The first-order valence-corrected chi connectivity index (χ1v) is 7.28. The Morgan fingerprint density at radius 1 is 1.22 bits per heavy atom. The van der Waals surface area contributed by atoms with Crippen molar-refractivity contribution in [1.82, 2.24) is 14.8 Å². The maximum Gasteiger partial charge on any atom is 0.319 e. The van der Waals surface area contributed by atoms with Gasteiger partial charge in [0.25, 0.3) is 5.95 Å². The fourth-order valence-corrected chi connectivity index (χ4v) is 2.31. The molecule has 7 heteroatoms. The molecular formula is C16H14ClN5O. The normalized spacial score (nSPS) is 10.5. The lowest BCUT2D eigenvalue weighted by molar-refractivity contribution is 0.259. The molecule has 6 nitrogen and oxygen atoms in total. The van der Waals surface area contributed by atoms with Crippen LogP contribution in [0.4, 0.5) is 10.7 Å². The zero-order chi connectivity index (χ0) is 16.4. The van der Waals surface area contributed by atoms with Gasteiger partial charge >= 0.3 is 6.03 Å². The van der Waals surface area contributed by atoms with Gasteiger partial charge in [-0.05, 0) is 30.7 Å². The van der Waals surface area contributed by atoms with Gasteiger partial charge in [-0.3, -0.25) is 5.32 Å². The van der Waals surface area contributed by atoms with Crippen LogP contribution < -0.4 is 11.1 Å². The number of nitrogens with one attached hydrogen (secondary N) is 1. The van der Waals surface area contributed by atoms with Gasteiger partial charge in [0.1, 0.15) is 0 Å². The smallest absolute Gasteiger partial charge is 0.319 e. The number of carbonyl (C=O) groups excluding carboxylic acids is 1. The standard InChI is InChI=1S/C16H14ClN5O/c1-10-9-12(7-8-13(10)17)22-14(11-5-3-2-4-6-11)19-16(21-22)20-15(18)23/h2-9H,1H3,(H3,18,20,21,23). The van der Waals surface area contributed by atoms with E-state index in [-0.39, 0.29) is 5.95 Å². The van der Waals surface area contributed by atoms with E-state index in [4.69, 9.17) is 17.3 Å². The quantitative estimate of drug-likeness (QED) is 0.773. The number of primary amides is 1. The molecular weight excluding hydrogens is 314 g/mol. The minimum absolute atomic E-state index is 0.143. The summed E-state index contributed by atoms with van der Waals surface area (Å²) in [5.41, 5.74) is 7.72. The molecule has 1 heterocycles. The fraction of sp³-hybridized carbons (Fsp3) is 0.0625. The number of rotatable bonds is 3. The van der Waals surface area contributed by atoms with Crippen LogP contribution in [0.25, 0.3) is 17.1 Å². The van der Waals surface area contributed by atoms with Crippen molar-refractivity contribution in [3.8, 4) is 17.1 Å². The maximum absolute atomic E-state index is 11.1. The lowest BCUT2D eigenvalue weighted by atomic mass is 10.2. The molecule has 23 heavy (non-hydrogen) atoms. The topological polar surface area (TPSA) is 85.8 Å². The number of nitrogens with two attached hydrogens (primary N) is 1. The van der Waals surface area contributed by atoms with E-state index in [0.717, 1.165) is 16.8 Å². The molecule has 0 aliphatic carbocycles. The minimum atomic E-state index is -0.714. The van der Waals surface area contributed by atoms with Crippen molar-refractivity contribution in [3.05, 3.63) is 59.1 Å². The Morgan fingerprint density at radius 3 is 2.61 bits per heavy atom. The molecule has 0 saturated carbocycles. The highest BCUT2D eigenvalue weighted by Gasteiger charge is 2.15. The molecule has 3 N–H and O–H groups in total. The average molecular weight is 328 g/mol. The number of aryl methyl sites for hydroxylation is 1. The number of hydrogen-bond donors (Lipinski definition) is 2. The summed E-state index contributed by atoms with van der Waals surface area (Å²) in [5.74, 6) is 0.736. The second kappa shape index (κ2) is 6.10. The summed E-state index contributed by atoms with van der Waals surface area (Å²) in [4.78, 5) is 15.4. The van der Waals surface area contributed by atoms with Gasteiger partial charge in [-0.2, -0.15) is 4.98 Å². The van der Waals surface area contributed by atoms with Crippen molar-refractivity contribution in [1.29, 1.82) is 0 Å². The van der Waals surface area contributed by atoms with Crippen molar-refractivity contribution >= 4 is 23.6 Å². The third-order valence-corrected chi connectivity index (χ3v) is 3.68. The molecule has 2 amide bonds. The van der Waals surface area contributed by atoms with Crippen LogP contribution in [0.1, 0.15) is 5.56 Å². The monoisotopic (exact) mass is 327 g/mol. The SMILES string of the molecule is Cc1cc(-n2nc(NC(N)=O)nc2-c2ccccc2)ccc1Cl. The zero-order valence-corrected chi connectivity index (χ0v) is 13.1. The highest BCUT2D eigenvalue weighted by atomic mass is 35.5. The molecule has 3 aromatic rings. The molecule has 2 aromatic carbocycles. The highest BCUT2D eigenvalue weighted by Crippen LogP contribution is 2.25. The minimum Gasteiger partial charge on any atom is -0.351 e. The Balaban J connectivity index is 2.15. The van der Waals surface area contributed by atoms with Crippen LogP contribution in [0.5, 0.6) is 0 Å². The van der Waals surface area contributed by atoms with E-state index >= 15 is 0 Å². The molecule has 0 radical (unpaired) electrons. The van der Waals surface area contributed by atoms with Crippen LogP contribution in [0.3, 0.4) is 0 Å². The Kier molecular flexibility index (Phi) is 3.99. The van der Waals surface area contributed by atoms with Gasteiger partial charge < -0.3 is 5.73 Å². The Hall–Kier alpha value is -2.86. The number of aromatic nitrogens is 3. The summed E-state index contributed by atoms with van der Waals surface area (Å²) in [7, 11) is 0. The number of amides is 2. The molecule has 3 rings (SSSR count). The number of nitrogens with zero attached hydrogens (tertiary/aromatic N) is 3. The van der Waals surface area contributed by atoms with E-state index in [1.807, 2.05) is 49.4 Å². The molecule has 0 bridgehead atoms. The number of carbonyl (C=O) groups is 1. The van der Waals surface area contributed by atoms with Gasteiger partial charge in [-0.1, -0.05) is 41.9 Å². The van der Waals surface area contributed by atoms with Crippen molar-refractivity contribution in [2.24, 2.45) is 5.73 Å². The van der Waals surface area contributed by atoms with Crippen molar-refractivity contribution in [2.75, 3.05) is 5.32 Å². The van der Waals surface area contributed by atoms with Crippen molar-refractivity contribution < 1.29 is 4.79 Å². The highest BCUT2D eigenvalue weighted by molar-refractivity contribution is 6.31. The van der Waals surface area contributed by atoms with E-state index in [2.05, 4.69) is 15.4 Å². The van der Waals surface area contributed by atoms with E-state index in [0.29, 0.717) is 10.8 Å². The largest absolute Gasteiger partial charge is 0.351 e. The first-order valence-electron chi connectivity index (χ1n) is 6.90. The van der Waals surface area contributed by atoms with Gasteiger partial charge in [0, 0.05) is 10.6 Å². The Labute approximate surface area is 137 Å². The van der Waals surface area contributed by atoms with Crippen LogP contribution in [-0.4, -0.2) is 20.8 Å². The van der Waals surface area contributed by atoms with Gasteiger partial charge in [-0.15, -0.1) is 5.10 Å². The number of benzene rings is 2. The molecule has 1 aromatic heterocycles. The first-order chi connectivity index (χ1) is 11.0.